The standard InChI is InChI=1S/C18H14BrClN4O2/c19-16-11-24(10-12-4-6-14(20)7-5-12)23-17(16)18(26)22-21-9-13-2-1-3-15(25)8-13/h1-9,11,25H,10H2,(H,22,26). The first-order valence-corrected chi connectivity index (χ1v) is 8.78. The van der Waals surface area contributed by atoms with Crippen LogP contribution in [0.1, 0.15) is 21.6 Å². The van der Waals surface area contributed by atoms with Crippen LogP contribution in [0.25, 0.3) is 0 Å². The molecule has 2 N–H and O–H groups in total. The number of hydrogen-bond acceptors (Lipinski definition) is 4. The number of carbonyl (C=O) groups is 1. The quantitative estimate of drug-likeness (QED) is 0.474. The van der Waals surface area contributed by atoms with E-state index in [0.717, 1.165) is 5.56 Å². The van der Waals surface area contributed by atoms with Gasteiger partial charge in [0, 0.05) is 11.2 Å². The summed E-state index contributed by atoms with van der Waals surface area (Å²) >= 11 is 9.22. The van der Waals surface area contributed by atoms with Gasteiger partial charge in [0.1, 0.15) is 5.75 Å². The van der Waals surface area contributed by atoms with Crippen LogP contribution in [-0.2, 0) is 6.54 Å². The van der Waals surface area contributed by atoms with E-state index >= 15 is 0 Å². The number of carbonyl (C=O) groups excluding carboxylic acids is 1. The van der Waals surface area contributed by atoms with Crippen molar-refractivity contribution < 1.29 is 9.90 Å². The highest BCUT2D eigenvalue weighted by Crippen LogP contribution is 2.17. The van der Waals surface area contributed by atoms with Gasteiger partial charge >= 0.3 is 0 Å². The van der Waals surface area contributed by atoms with Gasteiger partial charge in [-0.25, -0.2) is 5.43 Å². The van der Waals surface area contributed by atoms with Crippen molar-refractivity contribution in [2.45, 2.75) is 6.54 Å². The number of nitrogens with one attached hydrogen (secondary N) is 1. The second kappa shape index (κ2) is 8.16. The van der Waals surface area contributed by atoms with Crippen LogP contribution < -0.4 is 5.43 Å². The molecule has 3 aromatic rings. The Morgan fingerprint density at radius 1 is 1.31 bits per heavy atom. The molecule has 0 bridgehead atoms. The first-order chi connectivity index (χ1) is 12.5. The Morgan fingerprint density at radius 2 is 2.08 bits per heavy atom. The number of halogens is 2. The van der Waals surface area contributed by atoms with Crippen molar-refractivity contribution in [1.82, 2.24) is 15.2 Å². The molecule has 0 saturated carbocycles. The van der Waals surface area contributed by atoms with E-state index in [-0.39, 0.29) is 11.4 Å². The summed E-state index contributed by atoms with van der Waals surface area (Å²) in [5, 5.41) is 18.2. The zero-order valence-corrected chi connectivity index (χ0v) is 15.8. The highest BCUT2D eigenvalue weighted by atomic mass is 79.9. The molecule has 0 radical (unpaired) electrons. The third kappa shape index (κ3) is 4.71. The van der Waals surface area contributed by atoms with E-state index in [0.29, 0.717) is 21.6 Å². The molecule has 2 aromatic carbocycles. The summed E-state index contributed by atoms with van der Waals surface area (Å²) in [6.07, 6.45) is 3.17. The Kier molecular flexibility index (Phi) is 5.70. The maximum absolute atomic E-state index is 12.2. The van der Waals surface area contributed by atoms with Crippen LogP contribution >= 0.6 is 27.5 Å². The molecule has 1 amide bonds. The van der Waals surface area contributed by atoms with Gasteiger partial charge < -0.3 is 5.11 Å². The van der Waals surface area contributed by atoms with Crippen LogP contribution in [0, 0.1) is 0 Å². The summed E-state index contributed by atoms with van der Waals surface area (Å²) in [5.41, 5.74) is 4.32. The average Bonchev–Trinajstić information content (AvgIpc) is 2.97. The highest BCUT2D eigenvalue weighted by Gasteiger charge is 2.14. The third-order valence-electron chi connectivity index (χ3n) is 3.44. The van der Waals surface area contributed by atoms with Crippen molar-refractivity contribution in [3.63, 3.8) is 0 Å². The Balaban J connectivity index is 1.66. The molecular formula is C18H14BrClN4O2. The van der Waals surface area contributed by atoms with E-state index in [4.69, 9.17) is 11.6 Å². The first-order valence-electron chi connectivity index (χ1n) is 7.61. The fourth-order valence-corrected chi connectivity index (χ4v) is 2.85. The summed E-state index contributed by atoms with van der Waals surface area (Å²) in [4.78, 5) is 12.2. The van der Waals surface area contributed by atoms with Crippen molar-refractivity contribution in [2.24, 2.45) is 5.10 Å². The molecule has 0 aliphatic heterocycles. The van der Waals surface area contributed by atoms with E-state index in [9.17, 15) is 9.90 Å². The normalized spacial score (nSPS) is 11.0. The van der Waals surface area contributed by atoms with Gasteiger partial charge in [-0.05, 0) is 51.3 Å². The third-order valence-corrected chi connectivity index (χ3v) is 4.27. The summed E-state index contributed by atoms with van der Waals surface area (Å²) < 4.78 is 2.22. The Morgan fingerprint density at radius 3 is 2.81 bits per heavy atom. The van der Waals surface area contributed by atoms with Gasteiger partial charge in [-0.3, -0.25) is 9.48 Å². The molecule has 0 saturated heterocycles. The van der Waals surface area contributed by atoms with Crippen LogP contribution in [0.4, 0.5) is 0 Å². The summed E-state index contributed by atoms with van der Waals surface area (Å²) in [6.45, 7) is 0.510. The Labute approximate surface area is 163 Å². The largest absolute Gasteiger partial charge is 0.508 e. The van der Waals surface area contributed by atoms with Crippen LogP contribution in [0.2, 0.25) is 5.02 Å². The topological polar surface area (TPSA) is 79.5 Å². The van der Waals surface area contributed by atoms with Crippen LogP contribution in [-0.4, -0.2) is 27.0 Å². The van der Waals surface area contributed by atoms with Crippen molar-refractivity contribution in [3.05, 3.63) is 81.0 Å². The SMILES string of the molecule is O=C(NN=Cc1cccc(O)c1)c1nn(Cc2ccc(Cl)cc2)cc1Br. The molecule has 1 aromatic heterocycles. The number of aromatic hydroxyl groups is 1. The number of hydrogen-bond donors (Lipinski definition) is 2. The average molecular weight is 434 g/mol. The van der Waals surface area contributed by atoms with E-state index < -0.39 is 5.91 Å². The first kappa shape index (κ1) is 18.2. The summed E-state index contributed by atoms with van der Waals surface area (Å²) in [6, 6.07) is 13.9. The van der Waals surface area contributed by atoms with Gasteiger partial charge in [0.25, 0.3) is 5.91 Å². The van der Waals surface area contributed by atoms with Gasteiger partial charge in [0.15, 0.2) is 5.69 Å². The summed E-state index contributed by atoms with van der Waals surface area (Å²) in [7, 11) is 0. The van der Waals surface area contributed by atoms with Gasteiger partial charge in [-0.2, -0.15) is 10.2 Å². The number of nitrogens with zero attached hydrogens (tertiary/aromatic N) is 3. The number of rotatable bonds is 5. The number of aromatic nitrogens is 2. The Bertz CT molecular complexity index is 954. The predicted molar refractivity (Wildman–Crippen MR) is 104 cm³/mol. The van der Waals surface area contributed by atoms with Crippen molar-refractivity contribution in [3.8, 4) is 5.75 Å². The minimum absolute atomic E-state index is 0.129. The molecule has 132 valence electrons. The lowest BCUT2D eigenvalue weighted by Gasteiger charge is -2.01. The van der Waals surface area contributed by atoms with Crippen molar-refractivity contribution in [1.29, 1.82) is 0 Å². The molecule has 1 heterocycles. The van der Waals surface area contributed by atoms with E-state index in [2.05, 4.69) is 31.6 Å². The fraction of sp³-hybridized carbons (Fsp3) is 0.0556. The molecule has 8 heteroatoms. The second-order valence-corrected chi connectivity index (χ2v) is 6.73. The monoisotopic (exact) mass is 432 g/mol. The minimum Gasteiger partial charge on any atom is -0.508 e. The Hall–Kier alpha value is -2.64. The van der Waals surface area contributed by atoms with Crippen molar-refractivity contribution >= 4 is 39.7 Å². The second-order valence-electron chi connectivity index (χ2n) is 5.44. The van der Waals surface area contributed by atoms with E-state index in [1.165, 1.54) is 12.3 Å². The number of phenolic OH excluding ortho intramolecular Hbond substituents is 1. The van der Waals surface area contributed by atoms with Crippen LogP contribution in [0.15, 0.2) is 64.3 Å². The van der Waals surface area contributed by atoms with Gasteiger partial charge in [-0.15, -0.1) is 0 Å². The highest BCUT2D eigenvalue weighted by molar-refractivity contribution is 9.10. The molecular weight excluding hydrogens is 420 g/mol. The zero-order chi connectivity index (χ0) is 18.5. The molecule has 0 aliphatic carbocycles. The van der Waals surface area contributed by atoms with E-state index in [1.54, 1.807) is 41.2 Å². The molecule has 0 atom stereocenters. The van der Waals surface area contributed by atoms with Crippen LogP contribution in [0.5, 0.6) is 5.75 Å². The molecule has 0 fully saturated rings. The van der Waals surface area contributed by atoms with Crippen molar-refractivity contribution in [2.75, 3.05) is 0 Å². The van der Waals surface area contributed by atoms with E-state index in [1.807, 2.05) is 12.1 Å². The molecule has 3 rings (SSSR count). The number of benzene rings is 2. The predicted octanol–water partition coefficient (Wildman–Crippen LogP) is 3.82. The number of hydrazone groups is 1. The molecule has 6 nitrogen and oxygen atoms in total. The van der Waals surface area contributed by atoms with Gasteiger partial charge in [-0.1, -0.05) is 35.9 Å². The number of phenols is 1. The lowest BCUT2D eigenvalue weighted by Crippen LogP contribution is -2.19. The maximum Gasteiger partial charge on any atom is 0.293 e. The zero-order valence-electron chi connectivity index (χ0n) is 13.4. The molecule has 0 unspecified atom stereocenters. The summed E-state index contributed by atoms with van der Waals surface area (Å²) in [5.74, 6) is -0.313. The minimum atomic E-state index is -0.442. The molecule has 26 heavy (non-hydrogen) atoms. The lowest BCUT2D eigenvalue weighted by atomic mass is 10.2. The van der Waals surface area contributed by atoms with Crippen LogP contribution in [0.3, 0.4) is 0 Å². The smallest absolute Gasteiger partial charge is 0.293 e. The lowest BCUT2D eigenvalue weighted by molar-refractivity contribution is 0.0948. The number of amides is 1. The molecule has 0 spiro atoms. The van der Waals surface area contributed by atoms with Gasteiger partial charge in [0.05, 0.1) is 17.2 Å². The molecule has 0 aliphatic rings. The fourth-order valence-electron chi connectivity index (χ4n) is 2.23. The maximum atomic E-state index is 12.2. The van der Waals surface area contributed by atoms with Gasteiger partial charge in [0.2, 0.25) is 0 Å².